The van der Waals surface area contributed by atoms with Crippen LogP contribution in [0.2, 0.25) is 5.02 Å². The van der Waals surface area contributed by atoms with Gasteiger partial charge in [0.15, 0.2) is 5.78 Å². The monoisotopic (exact) mass is 794 g/mol. The first-order valence-corrected chi connectivity index (χ1v) is 19.7. The predicted octanol–water partition coefficient (Wildman–Crippen LogP) is 5.18. The number of ketones is 1. The van der Waals surface area contributed by atoms with Crippen molar-refractivity contribution in [3.63, 3.8) is 0 Å². The number of aromatic hydroxyl groups is 1. The Bertz CT molecular complexity index is 2440. The number of phenols is 1. The fourth-order valence-corrected chi connectivity index (χ4v) is 8.93. The summed E-state index contributed by atoms with van der Waals surface area (Å²) in [5.41, 5.74) is 2.34. The number of nitrogens with one attached hydrogen (secondary N) is 1. The number of hydrogen-bond donors (Lipinski definition) is 2. The second kappa shape index (κ2) is 15.6. The van der Waals surface area contributed by atoms with Crippen molar-refractivity contribution in [3.05, 3.63) is 143 Å². The van der Waals surface area contributed by atoms with Crippen molar-refractivity contribution >= 4 is 56.2 Å². The van der Waals surface area contributed by atoms with Crippen LogP contribution in [0.15, 0.2) is 121 Å². The molecule has 4 amide bonds. The molecular weight excluding hydrogens is 756 g/mol. The number of aromatic nitrogens is 1. The third-order valence-electron chi connectivity index (χ3n) is 10.0. The lowest BCUT2D eigenvalue weighted by molar-refractivity contribution is -0.189. The first-order valence-electron chi connectivity index (χ1n) is 17.9. The van der Waals surface area contributed by atoms with Gasteiger partial charge in [-0.2, -0.15) is 0 Å². The highest BCUT2D eigenvalue weighted by Gasteiger charge is 2.51. The summed E-state index contributed by atoms with van der Waals surface area (Å²) in [6, 6.07) is 24.8. The largest absolute Gasteiger partial charge is 0.508 e. The van der Waals surface area contributed by atoms with Crippen LogP contribution in [0, 0.1) is 0 Å². The molecule has 2 N–H and O–H groups in total. The second-order valence-electron chi connectivity index (χ2n) is 13.7. The maximum Gasteiger partial charge on any atom is 0.334 e. The third-order valence-corrected chi connectivity index (χ3v) is 11.9. The molecule has 3 heterocycles. The molecule has 0 aliphatic carbocycles. The molecule has 5 aromatic rings. The maximum absolute atomic E-state index is 14.7. The van der Waals surface area contributed by atoms with E-state index in [1.165, 1.54) is 64.3 Å². The highest BCUT2D eigenvalue weighted by molar-refractivity contribution is 7.90. The minimum Gasteiger partial charge on any atom is -0.508 e. The van der Waals surface area contributed by atoms with Crippen LogP contribution in [0.5, 0.6) is 5.75 Å². The lowest BCUT2D eigenvalue weighted by atomic mass is 9.98. The molecule has 7 rings (SSSR count). The number of piperazine rings is 1. The number of Topliss-reactive ketones (excluding diaryl/α,β-unsaturated/α-hetero) is 1. The first-order chi connectivity index (χ1) is 26.9. The van der Waals surface area contributed by atoms with E-state index in [4.69, 9.17) is 11.6 Å². The van der Waals surface area contributed by atoms with Crippen molar-refractivity contribution in [1.82, 2.24) is 29.1 Å². The first kappa shape index (κ1) is 38.3. The van der Waals surface area contributed by atoms with Gasteiger partial charge in [0.05, 0.1) is 23.5 Å². The van der Waals surface area contributed by atoms with E-state index in [-0.39, 0.29) is 72.6 Å². The lowest BCUT2D eigenvalue weighted by Gasteiger charge is -2.55. The number of halogens is 1. The zero-order valence-electron chi connectivity index (χ0n) is 30.4. The van der Waals surface area contributed by atoms with Gasteiger partial charge >= 0.3 is 6.03 Å². The molecule has 2 fully saturated rings. The van der Waals surface area contributed by atoms with E-state index in [0.717, 1.165) is 9.54 Å². The zero-order chi connectivity index (χ0) is 39.7. The molecule has 0 radical (unpaired) electrons. The SMILES string of the molecule is C=CCN1CC(=O)N2[C@@H](Cc3ccc(O)cc3)C(=O)N(Cc3cccc4c(C(C)=O)cn(S(=O)(=O)c5ccc(Cl)cc5)c34)C[C@@H]2N1C(=O)NCc1ccccc1. The van der Waals surface area contributed by atoms with Crippen molar-refractivity contribution < 1.29 is 32.7 Å². The number of carbonyl (C=O) groups is 4. The minimum atomic E-state index is -4.26. The number of hydrazine groups is 1. The van der Waals surface area contributed by atoms with Crippen LogP contribution in [0.4, 0.5) is 4.79 Å². The van der Waals surface area contributed by atoms with Gasteiger partial charge in [0.2, 0.25) is 11.8 Å². The van der Waals surface area contributed by atoms with Crippen LogP contribution in [-0.4, -0.2) is 92.8 Å². The topological polar surface area (TPSA) is 153 Å². The smallest absolute Gasteiger partial charge is 0.334 e. The van der Waals surface area contributed by atoms with Crippen molar-refractivity contribution in [1.29, 1.82) is 0 Å². The van der Waals surface area contributed by atoms with Crippen molar-refractivity contribution in [2.24, 2.45) is 0 Å². The van der Waals surface area contributed by atoms with Crippen molar-refractivity contribution in [3.8, 4) is 5.75 Å². The van der Waals surface area contributed by atoms with Gasteiger partial charge in [0.25, 0.3) is 10.0 Å². The third kappa shape index (κ3) is 7.38. The zero-order valence-corrected chi connectivity index (χ0v) is 32.0. The van der Waals surface area contributed by atoms with Crippen molar-refractivity contribution in [2.75, 3.05) is 19.6 Å². The molecule has 4 aromatic carbocycles. The fraction of sp³-hybridized carbons (Fsp3) is 0.220. The quantitative estimate of drug-likeness (QED) is 0.137. The Labute approximate surface area is 329 Å². The molecule has 0 saturated carbocycles. The Morgan fingerprint density at radius 3 is 2.34 bits per heavy atom. The number of hydrogen-bond acceptors (Lipinski definition) is 8. The predicted molar refractivity (Wildman–Crippen MR) is 210 cm³/mol. The molecule has 0 bridgehead atoms. The summed E-state index contributed by atoms with van der Waals surface area (Å²) in [6.07, 6.45) is 1.98. The highest BCUT2D eigenvalue weighted by Crippen LogP contribution is 2.34. The number of para-hydroxylation sites is 1. The van der Waals surface area contributed by atoms with E-state index in [1.807, 2.05) is 30.3 Å². The number of urea groups is 1. The Balaban J connectivity index is 1.32. The Morgan fingerprint density at radius 1 is 0.946 bits per heavy atom. The molecule has 13 nitrogen and oxygen atoms in total. The van der Waals surface area contributed by atoms with Gasteiger partial charge in [-0.15, -0.1) is 6.58 Å². The van der Waals surface area contributed by atoms with E-state index in [1.54, 1.807) is 41.4 Å². The van der Waals surface area contributed by atoms with Gasteiger partial charge in [0, 0.05) is 48.2 Å². The fourth-order valence-electron chi connectivity index (χ4n) is 7.40. The van der Waals surface area contributed by atoms with E-state index in [0.29, 0.717) is 21.5 Å². The summed E-state index contributed by atoms with van der Waals surface area (Å²) < 4.78 is 29.4. The summed E-state index contributed by atoms with van der Waals surface area (Å²) in [4.78, 5) is 58.8. The molecule has 2 aliphatic heterocycles. The lowest BCUT2D eigenvalue weighted by Crippen LogP contribution is -2.76. The maximum atomic E-state index is 14.7. The number of benzene rings is 4. The number of phenolic OH excluding ortho intramolecular Hbond substituents is 1. The Kier molecular flexibility index (Phi) is 10.7. The summed E-state index contributed by atoms with van der Waals surface area (Å²) in [7, 11) is -4.26. The molecule has 2 atom stereocenters. The van der Waals surface area contributed by atoms with Gasteiger partial charge in [-0.1, -0.05) is 78.3 Å². The van der Waals surface area contributed by atoms with Gasteiger partial charge in [-0.25, -0.2) is 27.2 Å². The Hall–Kier alpha value is -5.96. The van der Waals surface area contributed by atoms with Gasteiger partial charge < -0.3 is 20.2 Å². The summed E-state index contributed by atoms with van der Waals surface area (Å²) >= 11 is 6.07. The van der Waals surface area contributed by atoms with Crippen LogP contribution < -0.4 is 5.32 Å². The molecule has 15 heteroatoms. The van der Waals surface area contributed by atoms with Gasteiger partial charge in [-0.3, -0.25) is 14.4 Å². The van der Waals surface area contributed by atoms with Crippen LogP contribution >= 0.6 is 11.6 Å². The van der Waals surface area contributed by atoms with Crippen LogP contribution in [0.25, 0.3) is 10.9 Å². The van der Waals surface area contributed by atoms with E-state index in [9.17, 15) is 32.7 Å². The Morgan fingerprint density at radius 2 is 1.66 bits per heavy atom. The average molecular weight is 795 g/mol. The molecule has 2 saturated heterocycles. The van der Waals surface area contributed by atoms with E-state index < -0.39 is 34.2 Å². The molecule has 56 heavy (non-hydrogen) atoms. The number of rotatable bonds is 11. The molecular formula is C41H39ClN6O7S. The van der Waals surface area contributed by atoms with Crippen LogP contribution in [-0.2, 0) is 39.1 Å². The molecule has 0 unspecified atom stereocenters. The van der Waals surface area contributed by atoms with Gasteiger partial charge in [-0.05, 0) is 60.0 Å². The minimum absolute atomic E-state index is 0.0354. The summed E-state index contributed by atoms with van der Waals surface area (Å²) in [6.45, 7) is 5.12. The number of fused-ring (bicyclic) bond motifs is 2. The number of amides is 4. The second-order valence-corrected chi connectivity index (χ2v) is 15.9. The molecule has 0 spiro atoms. The van der Waals surface area contributed by atoms with E-state index in [2.05, 4.69) is 11.9 Å². The standard InChI is InChI=1S/C41H39ClN6O7S/c1-3-20-45-26-38(51)47-36(21-28-12-16-32(50)17-13-28)40(52)44(25-37(47)48(45)41(53)43-22-29-8-5-4-6-9-29)23-30-10-7-11-34-35(27(2)49)24-46(39(30)34)56(54,55)33-18-14-31(42)15-19-33/h3-19,24,36-37,50H,1,20-23,25-26H2,2H3,(H,43,53)/t36-,37-/m0/s1. The van der Waals surface area contributed by atoms with E-state index >= 15 is 0 Å². The average Bonchev–Trinajstić information content (AvgIpc) is 3.59. The van der Waals surface area contributed by atoms with Crippen molar-refractivity contribution in [2.45, 2.75) is 43.5 Å². The normalized spacial score (nSPS) is 17.6. The molecule has 1 aromatic heterocycles. The van der Waals surface area contributed by atoms with Gasteiger partial charge in [0.1, 0.15) is 18.0 Å². The number of nitrogens with zero attached hydrogens (tertiary/aromatic N) is 5. The number of carbonyl (C=O) groups excluding carboxylic acids is 4. The summed E-state index contributed by atoms with van der Waals surface area (Å²) in [5, 5.41) is 16.7. The van der Waals surface area contributed by atoms with Crippen LogP contribution in [0.3, 0.4) is 0 Å². The molecule has 288 valence electrons. The highest BCUT2D eigenvalue weighted by atomic mass is 35.5. The van der Waals surface area contributed by atoms with Crippen LogP contribution in [0.1, 0.15) is 34.0 Å². The summed E-state index contributed by atoms with van der Waals surface area (Å²) in [5.74, 6) is -1.10. The molecule has 2 aliphatic rings.